The van der Waals surface area contributed by atoms with Crippen LogP contribution in [0, 0.1) is 0 Å². The third-order valence-corrected chi connectivity index (χ3v) is 5.38. The van der Waals surface area contributed by atoms with Gasteiger partial charge in [0.15, 0.2) is 0 Å². The maximum absolute atomic E-state index is 12.8. The Kier molecular flexibility index (Phi) is 7.04. The zero-order valence-corrected chi connectivity index (χ0v) is 17.3. The van der Waals surface area contributed by atoms with E-state index < -0.39 is 27.9 Å². The van der Waals surface area contributed by atoms with Crippen molar-refractivity contribution < 1.29 is 22.7 Å². The van der Waals surface area contributed by atoms with Crippen LogP contribution in [0.3, 0.4) is 0 Å². The van der Waals surface area contributed by atoms with Crippen LogP contribution in [-0.4, -0.2) is 39.7 Å². The maximum Gasteiger partial charge on any atom is 0.337 e. The number of carbonyl (C=O) groups excluding carboxylic acids is 2. The van der Waals surface area contributed by atoms with Crippen molar-refractivity contribution in [3.8, 4) is 0 Å². The molecule has 1 amide bonds. The largest absolute Gasteiger partial charge is 0.465 e. The van der Waals surface area contributed by atoms with Gasteiger partial charge in [-0.25, -0.2) is 13.2 Å². The molecule has 28 heavy (non-hydrogen) atoms. The fourth-order valence-electron chi connectivity index (χ4n) is 2.71. The molecule has 0 radical (unpaired) electrons. The molecule has 0 aromatic heterocycles. The summed E-state index contributed by atoms with van der Waals surface area (Å²) in [4.78, 5) is 24.3. The van der Waals surface area contributed by atoms with E-state index >= 15 is 0 Å². The monoisotopic (exact) mass is 424 g/mol. The number of hydrogen-bond donors (Lipinski definition) is 1. The second-order valence-electron chi connectivity index (χ2n) is 6.02. The van der Waals surface area contributed by atoms with E-state index in [0.29, 0.717) is 22.0 Å². The van der Waals surface area contributed by atoms with Gasteiger partial charge < -0.3 is 10.1 Å². The number of carbonyl (C=O) groups is 2. The van der Waals surface area contributed by atoms with Crippen LogP contribution in [0.15, 0.2) is 48.5 Å². The fraction of sp³-hybridized carbons (Fsp3) is 0.263. The predicted octanol–water partition coefficient (Wildman–Crippen LogP) is 3.31. The summed E-state index contributed by atoms with van der Waals surface area (Å²) in [7, 11) is -2.47. The minimum atomic E-state index is -3.75. The van der Waals surface area contributed by atoms with Crippen molar-refractivity contribution in [2.45, 2.75) is 19.4 Å². The number of nitrogens with zero attached hydrogens (tertiary/aromatic N) is 1. The number of nitrogens with one attached hydrogen (secondary N) is 1. The van der Waals surface area contributed by atoms with Gasteiger partial charge in [-0.3, -0.25) is 9.10 Å². The van der Waals surface area contributed by atoms with Crippen LogP contribution in [0.4, 0.5) is 11.4 Å². The van der Waals surface area contributed by atoms with Gasteiger partial charge in [-0.2, -0.15) is 0 Å². The fourth-order valence-corrected chi connectivity index (χ4v) is 4.09. The molecule has 2 rings (SSSR count). The molecule has 1 atom stereocenters. The lowest BCUT2D eigenvalue weighted by molar-refractivity contribution is -0.117. The first-order valence-electron chi connectivity index (χ1n) is 8.41. The van der Waals surface area contributed by atoms with Gasteiger partial charge in [0.25, 0.3) is 0 Å². The van der Waals surface area contributed by atoms with Gasteiger partial charge in [-0.15, -0.1) is 0 Å². The number of amides is 1. The molecule has 0 spiro atoms. The molecule has 0 aliphatic rings. The number of ether oxygens (including phenoxy) is 1. The molecule has 0 saturated carbocycles. The van der Waals surface area contributed by atoms with Gasteiger partial charge >= 0.3 is 5.97 Å². The lowest BCUT2D eigenvalue weighted by atomic mass is 10.1. The molecule has 0 aliphatic heterocycles. The van der Waals surface area contributed by atoms with E-state index in [-0.39, 0.29) is 6.42 Å². The second kappa shape index (κ2) is 9.07. The first kappa shape index (κ1) is 21.7. The van der Waals surface area contributed by atoms with Crippen LogP contribution in [0.2, 0.25) is 5.02 Å². The van der Waals surface area contributed by atoms with E-state index in [0.717, 1.165) is 10.6 Å². The number of hydrogen-bond acceptors (Lipinski definition) is 5. The molecule has 0 bridgehead atoms. The molecule has 0 aliphatic carbocycles. The molecular weight excluding hydrogens is 404 g/mol. The average Bonchev–Trinajstić information content (AvgIpc) is 2.64. The SMILES string of the molecule is CC[C@@H](C(=O)Nc1ccc(C(=O)OC)cc1)N(c1cccc(Cl)c1)S(C)(=O)=O. The standard InChI is InChI=1S/C19H21ClN2O5S/c1-4-17(22(28(3,25)26)16-7-5-6-14(20)12-16)18(23)21-15-10-8-13(9-11-15)19(24)27-2/h5-12,17H,4H2,1-3H3,(H,21,23)/t17-/m0/s1. The van der Waals surface area contributed by atoms with Gasteiger partial charge in [0, 0.05) is 10.7 Å². The Bertz CT molecular complexity index is 961. The van der Waals surface area contributed by atoms with Crippen molar-refractivity contribution in [3.63, 3.8) is 0 Å². The highest BCUT2D eigenvalue weighted by Gasteiger charge is 2.31. The summed E-state index contributed by atoms with van der Waals surface area (Å²) < 4.78 is 30.5. The first-order valence-corrected chi connectivity index (χ1v) is 10.6. The van der Waals surface area contributed by atoms with Gasteiger partial charge in [0.05, 0.1) is 24.6 Å². The minimum absolute atomic E-state index is 0.242. The lowest BCUT2D eigenvalue weighted by Crippen LogP contribution is -2.47. The van der Waals surface area contributed by atoms with E-state index in [1.54, 1.807) is 37.3 Å². The summed E-state index contributed by atoms with van der Waals surface area (Å²) in [5.74, 6) is -0.993. The predicted molar refractivity (Wildman–Crippen MR) is 109 cm³/mol. The number of rotatable bonds is 7. The number of sulfonamides is 1. The van der Waals surface area contributed by atoms with E-state index in [1.165, 1.54) is 25.3 Å². The van der Waals surface area contributed by atoms with Gasteiger partial charge in [0.2, 0.25) is 15.9 Å². The number of halogens is 1. The van der Waals surface area contributed by atoms with Crippen molar-refractivity contribution in [3.05, 3.63) is 59.1 Å². The average molecular weight is 425 g/mol. The topological polar surface area (TPSA) is 92.8 Å². The third-order valence-electron chi connectivity index (χ3n) is 3.97. The summed E-state index contributed by atoms with van der Waals surface area (Å²) >= 11 is 5.99. The van der Waals surface area contributed by atoms with Crippen LogP contribution < -0.4 is 9.62 Å². The number of anilines is 2. The van der Waals surface area contributed by atoms with Crippen LogP contribution in [0.5, 0.6) is 0 Å². The van der Waals surface area contributed by atoms with Crippen molar-refractivity contribution in [2.24, 2.45) is 0 Å². The summed E-state index contributed by atoms with van der Waals surface area (Å²) in [5.41, 5.74) is 1.07. The Morgan fingerprint density at radius 1 is 1.18 bits per heavy atom. The van der Waals surface area contributed by atoms with Crippen molar-refractivity contribution in [2.75, 3.05) is 23.0 Å². The molecule has 0 unspecified atom stereocenters. The molecule has 2 aromatic rings. The molecule has 1 N–H and O–H groups in total. The highest BCUT2D eigenvalue weighted by Crippen LogP contribution is 2.26. The van der Waals surface area contributed by atoms with E-state index in [9.17, 15) is 18.0 Å². The Labute approximate surface area is 169 Å². The highest BCUT2D eigenvalue weighted by molar-refractivity contribution is 7.92. The Morgan fingerprint density at radius 2 is 1.82 bits per heavy atom. The zero-order valence-electron chi connectivity index (χ0n) is 15.7. The number of benzene rings is 2. The van der Waals surface area contributed by atoms with Crippen LogP contribution in [0.1, 0.15) is 23.7 Å². The maximum atomic E-state index is 12.8. The Hall–Kier alpha value is -2.58. The van der Waals surface area contributed by atoms with E-state index in [2.05, 4.69) is 10.1 Å². The third kappa shape index (κ3) is 5.24. The zero-order chi connectivity index (χ0) is 20.9. The summed E-state index contributed by atoms with van der Waals surface area (Å²) in [6, 6.07) is 11.4. The second-order valence-corrected chi connectivity index (χ2v) is 8.32. The van der Waals surface area contributed by atoms with Gasteiger partial charge in [0.1, 0.15) is 6.04 Å². The molecule has 0 saturated heterocycles. The molecule has 0 heterocycles. The lowest BCUT2D eigenvalue weighted by Gasteiger charge is -2.30. The van der Waals surface area contributed by atoms with Gasteiger partial charge in [-0.05, 0) is 48.9 Å². The normalized spacial score (nSPS) is 12.1. The van der Waals surface area contributed by atoms with Crippen LogP contribution in [0.25, 0.3) is 0 Å². The van der Waals surface area contributed by atoms with E-state index in [1.807, 2.05) is 0 Å². The minimum Gasteiger partial charge on any atom is -0.465 e. The van der Waals surface area contributed by atoms with Crippen LogP contribution in [-0.2, 0) is 19.6 Å². The van der Waals surface area contributed by atoms with Crippen molar-refractivity contribution in [1.29, 1.82) is 0 Å². The van der Waals surface area contributed by atoms with Gasteiger partial charge in [-0.1, -0.05) is 24.6 Å². The number of esters is 1. The summed E-state index contributed by atoms with van der Waals surface area (Å²) in [6.45, 7) is 1.72. The number of methoxy groups -OCH3 is 1. The Morgan fingerprint density at radius 3 is 2.32 bits per heavy atom. The smallest absolute Gasteiger partial charge is 0.337 e. The molecule has 0 fully saturated rings. The molecular formula is C19H21ClN2O5S. The molecule has 9 heteroatoms. The summed E-state index contributed by atoms with van der Waals surface area (Å²) in [6.07, 6.45) is 1.28. The molecule has 2 aromatic carbocycles. The van der Waals surface area contributed by atoms with Crippen molar-refractivity contribution in [1.82, 2.24) is 0 Å². The highest BCUT2D eigenvalue weighted by atomic mass is 35.5. The van der Waals surface area contributed by atoms with Crippen LogP contribution >= 0.6 is 11.6 Å². The summed E-state index contributed by atoms with van der Waals surface area (Å²) in [5, 5.41) is 3.04. The Balaban J connectivity index is 2.30. The molecule has 7 nitrogen and oxygen atoms in total. The quantitative estimate of drug-likeness (QED) is 0.688. The van der Waals surface area contributed by atoms with Crippen molar-refractivity contribution >= 4 is 44.9 Å². The van der Waals surface area contributed by atoms with E-state index in [4.69, 9.17) is 11.6 Å². The molecule has 150 valence electrons. The first-order chi connectivity index (χ1) is 13.2.